The van der Waals surface area contributed by atoms with E-state index in [1.54, 1.807) is 15.9 Å². The number of nitrogens with zero attached hydrogens (tertiary/aromatic N) is 4. The maximum atomic E-state index is 13.0. The van der Waals surface area contributed by atoms with Crippen LogP contribution in [0.3, 0.4) is 0 Å². The number of amides is 1. The molecule has 1 aliphatic heterocycles. The van der Waals surface area contributed by atoms with Crippen LogP contribution in [0.5, 0.6) is 0 Å². The summed E-state index contributed by atoms with van der Waals surface area (Å²) in [5, 5.41) is 11.8. The van der Waals surface area contributed by atoms with Crippen LogP contribution in [-0.4, -0.2) is 56.0 Å². The molecule has 8 heteroatoms. The summed E-state index contributed by atoms with van der Waals surface area (Å²) in [4.78, 5) is 29.4. The van der Waals surface area contributed by atoms with E-state index in [4.69, 9.17) is 11.6 Å². The van der Waals surface area contributed by atoms with Crippen molar-refractivity contribution in [2.45, 2.75) is 0 Å². The molecule has 0 bridgehead atoms. The minimum Gasteiger partial charge on any atom is -0.377 e. The molecule has 0 radical (unpaired) electrons. The number of nitro benzene ring substituents is 1. The monoisotopic (exact) mass is 388 g/mol. The Bertz CT molecular complexity index is 864. The number of anilines is 2. The number of hydrogen-bond acceptors (Lipinski definition) is 5. The zero-order valence-electron chi connectivity index (χ0n) is 15.3. The molecular formula is C19H21ClN4O3. The molecule has 1 heterocycles. The third-order valence-corrected chi connectivity index (χ3v) is 4.88. The van der Waals surface area contributed by atoms with Gasteiger partial charge in [0.1, 0.15) is 0 Å². The minimum atomic E-state index is -0.479. The third kappa shape index (κ3) is 4.14. The number of nitro groups is 1. The number of piperazine rings is 1. The Hall–Kier alpha value is -2.80. The van der Waals surface area contributed by atoms with Crippen LogP contribution in [-0.2, 0) is 0 Å². The lowest BCUT2D eigenvalue weighted by Gasteiger charge is -2.36. The average molecular weight is 389 g/mol. The molecule has 1 amide bonds. The van der Waals surface area contributed by atoms with E-state index in [1.807, 2.05) is 38.4 Å². The molecule has 0 spiro atoms. The first kappa shape index (κ1) is 19.0. The van der Waals surface area contributed by atoms with E-state index in [0.717, 1.165) is 5.69 Å². The van der Waals surface area contributed by atoms with E-state index < -0.39 is 4.92 Å². The quantitative estimate of drug-likeness (QED) is 0.593. The Morgan fingerprint density at radius 3 is 2.41 bits per heavy atom. The number of hydrogen-bond donors (Lipinski definition) is 0. The van der Waals surface area contributed by atoms with Gasteiger partial charge in [-0.25, -0.2) is 0 Å². The molecule has 1 saturated heterocycles. The summed E-state index contributed by atoms with van der Waals surface area (Å²) < 4.78 is 0. The highest BCUT2D eigenvalue weighted by Crippen LogP contribution is 2.27. The van der Waals surface area contributed by atoms with Crippen molar-refractivity contribution in [3.05, 3.63) is 63.2 Å². The molecule has 1 aliphatic rings. The van der Waals surface area contributed by atoms with Crippen molar-refractivity contribution in [1.29, 1.82) is 0 Å². The predicted molar refractivity (Wildman–Crippen MR) is 107 cm³/mol. The Kier molecular flexibility index (Phi) is 5.51. The van der Waals surface area contributed by atoms with Crippen LogP contribution in [0.25, 0.3) is 0 Å². The number of carbonyl (C=O) groups is 1. The van der Waals surface area contributed by atoms with Crippen molar-refractivity contribution in [2.24, 2.45) is 0 Å². The number of benzene rings is 2. The zero-order valence-corrected chi connectivity index (χ0v) is 16.0. The standard InChI is InChI=1S/C19H21ClN4O3/c1-21(2)18-7-6-16(24(26)27)13-17(18)19(25)23-10-8-22(9-11-23)15-5-3-4-14(20)12-15/h3-7,12-13H,8-11H2,1-2H3. The molecule has 142 valence electrons. The van der Waals surface area contributed by atoms with Crippen molar-refractivity contribution in [3.8, 4) is 0 Å². The summed E-state index contributed by atoms with van der Waals surface area (Å²) >= 11 is 6.06. The largest absolute Gasteiger partial charge is 0.377 e. The van der Waals surface area contributed by atoms with Gasteiger partial charge < -0.3 is 14.7 Å². The molecule has 0 aromatic heterocycles. The SMILES string of the molecule is CN(C)c1ccc([N+](=O)[O-])cc1C(=O)N1CCN(c2cccc(Cl)c2)CC1. The summed E-state index contributed by atoms with van der Waals surface area (Å²) in [6.45, 7) is 2.44. The lowest BCUT2D eigenvalue weighted by atomic mass is 10.1. The second-order valence-electron chi connectivity index (χ2n) is 6.61. The van der Waals surface area contributed by atoms with Gasteiger partial charge in [0, 0.05) is 68.8 Å². The van der Waals surface area contributed by atoms with Gasteiger partial charge in [-0.2, -0.15) is 0 Å². The first-order chi connectivity index (χ1) is 12.9. The third-order valence-electron chi connectivity index (χ3n) is 4.64. The Balaban J connectivity index is 1.77. The van der Waals surface area contributed by atoms with Gasteiger partial charge in [0.2, 0.25) is 0 Å². The second kappa shape index (κ2) is 7.84. The molecule has 0 atom stereocenters. The van der Waals surface area contributed by atoms with Crippen LogP contribution in [0.15, 0.2) is 42.5 Å². The van der Waals surface area contributed by atoms with Gasteiger partial charge >= 0.3 is 0 Å². The fraction of sp³-hybridized carbons (Fsp3) is 0.316. The smallest absolute Gasteiger partial charge is 0.270 e. The van der Waals surface area contributed by atoms with E-state index in [-0.39, 0.29) is 11.6 Å². The molecule has 2 aromatic rings. The van der Waals surface area contributed by atoms with Crippen molar-refractivity contribution >= 4 is 34.6 Å². The lowest BCUT2D eigenvalue weighted by molar-refractivity contribution is -0.384. The normalized spacial score (nSPS) is 14.2. The summed E-state index contributed by atoms with van der Waals surface area (Å²) in [7, 11) is 3.63. The van der Waals surface area contributed by atoms with E-state index in [0.29, 0.717) is 42.5 Å². The van der Waals surface area contributed by atoms with Crippen molar-refractivity contribution in [3.63, 3.8) is 0 Å². The van der Waals surface area contributed by atoms with Gasteiger partial charge in [-0.05, 0) is 24.3 Å². The summed E-state index contributed by atoms with van der Waals surface area (Å²) in [5.74, 6) is -0.187. The average Bonchev–Trinajstić information content (AvgIpc) is 2.67. The lowest BCUT2D eigenvalue weighted by Crippen LogP contribution is -2.49. The molecule has 2 aromatic carbocycles. The van der Waals surface area contributed by atoms with E-state index in [1.165, 1.54) is 12.1 Å². The van der Waals surface area contributed by atoms with Gasteiger partial charge in [0.25, 0.3) is 11.6 Å². The molecular weight excluding hydrogens is 368 g/mol. The second-order valence-corrected chi connectivity index (χ2v) is 7.05. The number of carbonyl (C=O) groups excluding carboxylic acids is 1. The van der Waals surface area contributed by atoms with Crippen LogP contribution in [0.4, 0.5) is 17.1 Å². The van der Waals surface area contributed by atoms with Crippen LogP contribution in [0.1, 0.15) is 10.4 Å². The summed E-state index contributed by atoms with van der Waals surface area (Å²) in [5.41, 5.74) is 1.97. The number of rotatable bonds is 4. The fourth-order valence-electron chi connectivity index (χ4n) is 3.21. The topological polar surface area (TPSA) is 69.9 Å². The van der Waals surface area contributed by atoms with Crippen LogP contribution in [0, 0.1) is 10.1 Å². The molecule has 7 nitrogen and oxygen atoms in total. The maximum absolute atomic E-state index is 13.0. The Morgan fingerprint density at radius 1 is 1.11 bits per heavy atom. The highest BCUT2D eigenvalue weighted by molar-refractivity contribution is 6.30. The minimum absolute atomic E-state index is 0.0819. The van der Waals surface area contributed by atoms with Gasteiger partial charge in [0.15, 0.2) is 0 Å². The maximum Gasteiger partial charge on any atom is 0.270 e. The number of halogens is 1. The molecule has 1 fully saturated rings. The van der Waals surface area contributed by atoms with Crippen LogP contribution >= 0.6 is 11.6 Å². The van der Waals surface area contributed by atoms with Crippen molar-refractivity contribution < 1.29 is 9.72 Å². The molecule has 3 rings (SSSR count). The molecule has 27 heavy (non-hydrogen) atoms. The highest BCUT2D eigenvalue weighted by atomic mass is 35.5. The van der Waals surface area contributed by atoms with Crippen LogP contribution < -0.4 is 9.80 Å². The predicted octanol–water partition coefficient (Wildman–Crippen LogP) is 3.28. The first-order valence-corrected chi connectivity index (χ1v) is 9.00. The highest BCUT2D eigenvalue weighted by Gasteiger charge is 2.26. The fourth-order valence-corrected chi connectivity index (χ4v) is 3.39. The Labute approximate surface area is 162 Å². The van der Waals surface area contributed by atoms with E-state index in [2.05, 4.69) is 4.90 Å². The molecule has 0 saturated carbocycles. The van der Waals surface area contributed by atoms with Gasteiger partial charge in [-0.3, -0.25) is 14.9 Å². The molecule has 0 aliphatic carbocycles. The van der Waals surface area contributed by atoms with E-state index in [9.17, 15) is 14.9 Å². The zero-order chi connectivity index (χ0) is 19.6. The first-order valence-electron chi connectivity index (χ1n) is 8.62. The van der Waals surface area contributed by atoms with Gasteiger partial charge in [0.05, 0.1) is 10.5 Å². The van der Waals surface area contributed by atoms with Gasteiger partial charge in [-0.1, -0.05) is 17.7 Å². The Morgan fingerprint density at radius 2 is 1.81 bits per heavy atom. The van der Waals surface area contributed by atoms with Crippen molar-refractivity contribution in [1.82, 2.24) is 4.90 Å². The summed E-state index contributed by atoms with van der Waals surface area (Å²) in [6, 6.07) is 12.0. The van der Waals surface area contributed by atoms with Crippen LogP contribution in [0.2, 0.25) is 5.02 Å². The molecule has 0 N–H and O–H groups in total. The summed E-state index contributed by atoms with van der Waals surface area (Å²) in [6.07, 6.45) is 0. The number of non-ortho nitro benzene ring substituents is 1. The van der Waals surface area contributed by atoms with Gasteiger partial charge in [-0.15, -0.1) is 0 Å². The van der Waals surface area contributed by atoms with Crippen molar-refractivity contribution in [2.75, 3.05) is 50.1 Å². The molecule has 0 unspecified atom stereocenters. The van der Waals surface area contributed by atoms with E-state index >= 15 is 0 Å².